The molecular formula is C31H30ClN3O3S. The Kier molecular flexibility index (Phi) is 8.43. The number of rotatable bonds is 10. The van der Waals surface area contributed by atoms with Crippen LogP contribution in [0.1, 0.15) is 22.5 Å². The third kappa shape index (κ3) is 6.75. The molecule has 8 heteroatoms. The zero-order chi connectivity index (χ0) is 27.4. The molecular weight excluding hydrogens is 530 g/mol. The van der Waals surface area contributed by atoms with Crippen molar-refractivity contribution >= 4 is 33.2 Å². The molecule has 1 atom stereocenters. The molecule has 5 rings (SSSR count). The van der Waals surface area contributed by atoms with Gasteiger partial charge in [0.25, 0.3) is 5.56 Å². The highest BCUT2D eigenvalue weighted by molar-refractivity contribution is 7.17. The van der Waals surface area contributed by atoms with Gasteiger partial charge in [-0.15, -0.1) is 11.3 Å². The van der Waals surface area contributed by atoms with Crippen molar-refractivity contribution in [2.24, 2.45) is 0 Å². The number of benzene rings is 3. The molecule has 200 valence electrons. The number of aliphatic hydroxyl groups is 1. The van der Waals surface area contributed by atoms with E-state index in [1.165, 1.54) is 11.3 Å². The summed E-state index contributed by atoms with van der Waals surface area (Å²) in [6, 6.07) is 23.3. The Balaban J connectivity index is 1.37. The Morgan fingerprint density at radius 1 is 1.03 bits per heavy atom. The minimum atomic E-state index is -0.752. The van der Waals surface area contributed by atoms with Gasteiger partial charge in [-0.05, 0) is 54.8 Å². The first-order valence-corrected chi connectivity index (χ1v) is 14.0. The number of fused-ring (bicyclic) bond motifs is 1. The van der Waals surface area contributed by atoms with Crippen LogP contribution in [-0.4, -0.2) is 39.2 Å². The van der Waals surface area contributed by atoms with Crippen LogP contribution in [0.4, 0.5) is 0 Å². The zero-order valence-electron chi connectivity index (χ0n) is 21.9. The van der Waals surface area contributed by atoms with Crippen molar-refractivity contribution in [3.05, 3.63) is 116 Å². The maximum Gasteiger partial charge on any atom is 0.260 e. The van der Waals surface area contributed by atoms with Crippen molar-refractivity contribution in [3.8, 4) is 16.9 Å². The van der Waals surface area contributed by atoms with Gasteiger partial charge in [-0.1, -0.05) is 65.7 Å². The molecule has 3 aromatic carbocycles. The molecule has 39 heavy (non-hydrogen) atoms. The highest BCUT2D eigenvalue weighted by Crippen LogP contribution is 2.33. The predicted molar refractivity (Wildman–Crippen MR) is 159 cm³/mol. The monoisotopic (exact) mass is 559 g/mol. The van der Waals surface area contributed by atoms with Gasteiger partial charge in [0, 0.05) is 29.1 Å². The second-order valence-electron chi connectivity index (χ2n) is 9.73. The molecule has 2 heterocycles. The number of hydrogen-bond acceptors (Lipinski definition) is 6. The van der Waals surface area contributed by atoms with Gasteiger partial charge < -0.3 is 14.8 Å². The van der Waals surface area contributed by atoms with E-state index in [4.69, 9.17) is 21.3 Å². The second-order valence-corrected chi connectivity index (χ2v) is 11.0. The van der Waals surface area contributed by atoms with E-state index in [9.17, 15) is 9.90 Å². The van der Waals surface area contributed by atoms with Crippen molar-refractivity contribution in [2.75, 3.05) is 13.2 Å². The van der Waals surface area contributed by atoms with Gasteiger partial charge in [0.2, 0.25) is 0 Å². The van der Waals surface area contributed by atoms with Gasteiger partial charge in [-0.2, -0.15) is 0 Å². The van der Waals surface area contributed by atoms with E-state index in [1.54, 1.807) is 24.3 Å². The molecule has 0 aliphatic carbocycles. The number of ether oxygens (including phenoxy) is 1. The summed E-state index contributed by atoms with van der Waals surface area (Å²) in [7, 11) is 0. The van der Waals surface area contributed by atoms with Crippen LogP contribution in [0, 0.1) is 13.8 Å². The fraction of sp³-hybridized carbons (Fsp3) is 0.226. The Hall–Kier alpha value is -3.49. The standard InChI is InChI=1S/C31H30ClN3O3S/c1-20-8-9-21(2)26(14-20)27-19-39-31-29(27)30(37)33-28(34-31)17-35(15-22-6-4-3-5-7-22)16-24(36)18-38-25-12-10-23(32)11-13-25/h3-14,19,24,36H,15-18H2,1-2H3,(H,33,34,37). The highest BCUT2D eigenvalue weighted by Gasteiger charge is 2.18. The summed E-state index contributed by atoms with van der Waals surface area (Å²) in [5.74, 6) is 1.20. The van der Waals surface area contributed by atoms with Crippen LogP contribution in [0.2, 0.25) is 5.02 Å². The number of nitrogens with zero attached hydrogens (tertiary/aromatic N) is 2. The van der Waals surface area contributed by atoms with Crippen LogP contribution in [0.3, 0.4) is 0 Å². The average Bonchev–Trinajstić information content (AvgIpc) is 3.34. The number of aryl methyl sites for hydroxylation is 2. The van der Waals surface area contributed by atoms with Crippen molar-refractivity contribution in [2.45, 2.75) is 33.0 Å². The smallest absolute Gasteiger partial charge is 0.260 e. The lowest BCUT2D eigenvalue weighted by molar-refractivity contribution is 0.0619. The number of aromatic nitrogens is 2. The van der Waals surface area contributed by atoms with Gasteiger partial charge in [-0.3, -0.25) is 9.69 Å². The predicted octanol–water partition coefficient (Wildman–Crippen LogP) is 6.36. The maximum absolute atomic E-state index is 13.3. The van der Waals surface area contributed by atoms with Gasteiger partial charge in [-0.25, -0.2) is 4.98 Å². The summed E-state index contributed by atoms with van der Waals surface area (Å²) in [5, 5.41) is 14.1. The van der Waals surface area contributed by atoms with Crippen LogP contribution >= 0.6 is 22.9 Å². The second kappa shape index (κ2) is 12.1. The van der Waals surface area contributed by atoms with Gasteiger partial charge in [0.15, 0.2) is 0 Å². The molecule has 1 unspecified atom stereocenters. The number of aromatic amines is 1. The van der Waals surface area contributed by atoms with Crippen LogP contribution in [0.15, 0.2) is 83.0 Å². The summed E-state index contributed by atoms with van der Waals surface area (Å²) in [4.78, 5) is 23.9. The van der Waals surface area contributed by atoms with E-state index in [-0.39, 0.29) is 12.2 Å². The minimum absolute atomic E-state index is 0.125. The third-order valence-electron chi connectivity index (χ3n) is 6.52. The van der Waals surface area contributed by atoms with Crippen LogP contribution in [0.5, 0.6) is 5.75 Å². The summed E-state index contributed by atoms with van der Waals surface area (Å²) >= 11 is 7.42. The highest BCUT2D eigenvalue weighted by atomic mass is 35.5. The number of aliphatic hydroxyl groups excluding tert-OH is 1. The lowest BCUT2D eigenvalue weighted by Gasteiger charge is -2.25. The molecule has 0 radical (unpaired) electrons. The lowest BCUT2D eigenvalue weighted by atomic mass is 9.99. The first kappa shape index (κ1) is 27.1. The van der Waals surface area contributed by atoms with Crippen molar-refractivity contribution in [3.63, 3.8) is 0 Å². The number of nitrogens with one attached hydrogen (secondary N) is 1. The third-order valence-corrected chi connectivity index (χ3v) is 7.65. The van der Waals surface area contributed by atoms with Gasteiger partial charge >= 0.3 is 0 Å². The van der Waals surface area contributed by atoms with Crippen molar-refractivity contribution in [1.82, 2.24) is 14.9 Å². The zero-order valence-corrected chi connectivity index (χ0v) is 23.4. The van der Waals surface area contributed by atoms with Crippen molar-refractivity contribution in [1.29, 1.82) is 0 Å². The van der Waals surface area contributed by atoms with Gasteiger partial charge in [0.1, 0.15) is 29.1 Å². The molecule has 0 saturated carbocycles. The van der Waals surface area contributed by atoms with Gasteiger partial charge in [0.05, 0.1) is 11.9 Å². The SMILES string of the molecule is Cc1ccc(C)c(-c2csc3nc(CN(Cc4ccccc4)CC(O)COc4ccc(Cl)cc4)[nH]c(=O)c23)c1. The summed E-state index contributed by atoms with van der Waals surface area (Å²) in [5.41, 5.74) is 5.17. The quantitative estimate of drug-likeness (QED) is 0.208. The number of halogens is 1. The first-order valence-electron chi connectivity index (χ1n) is 12.8. The largest absolute Gasteiger partial charge is 0.491 e. The summed E-state index contributed by atoms with van der Waals surface area (Å²) in [6.45, 7) is 5.52. The molecule has 0 aliphatic rings. The topological polar surface area (TPSA) is 78.5 Å². The van der Waals surface area contributed by atoms with Crippen LogP contribution in [0.25, 0.3) is 21.3 Å². The number of H-pyrrole nitrogens is 1. The normalized spacial score (nSPS) is 12.2. The maximum atomic E-state index is 13.3. The molecule has 2 aromatic heterocycles. The molecule has 0 bridgehead atoms. The Morgan fingerprint density at radius 2 is 1.79 bits per heavy atom. The van der Waals surface area contributed by atoms with E-state index >= 15 is 0 Å². The fourth-order valence-electron chi connectivity index (χ4n) is 4.61. The Bertz CT molecular complexity index is 1620. The van der Waals surface area contributed by atoms with E-state index in [0.717, 1.165) is 27.8 Å². The first-order chi connectivity index (χ1) is 18.9. The van der Waals surface area contributed by atoms with E-state index in [0.29, 0.717) is 46.4 Å². The van der Waals surface area contributed by atoms with Crippen molar-refractivity contribution < 1.29 is 9.84 Å². The Morgan fingerprint density at radius 3 is 2.56 bits per heavy atom. The molecule has 2 N–H and O–H groups in total. The molecule has 0 fully saturated rings. The number of thiophene rings is 1. The van der Waals surface area contributed by atoms with E-state index in [2.05, 4.69) is 35.0 Å². The van der Waals surface area contributed by atoms with Crippen LogP contribution in [-0.2, 0) is 13.1 Å². The molecule has 0 spiro atoms. The lowest BCUT2D eigenvalue weighted by Crippen LogP contribution is -2.35. The fourth-order valence-corrected chi connectivity index (χ4v) is 5.69. The Labute approximate surface area is 236 Å². The molecule has 0 saturated heterocycles. The molecule has 0 amide bonds. The average molecular weight is 560 g/mol. The van der Waals surface area contributed by atoms with E-state index < -0.39 is 6.10 Å². The van der Waals surface area contributed by atoms with Crippen LogP contribution < -0.4 is 10.3 Å². The minimum Gasteiger partial charge on any atom is -0.491 e. The summed E-state index contributed by atoms with van der Waals surface area (Å²) in [6.07, 6.45) is -0.752. The molecule has 5 aromatic rings. The summed E-state index contributed by atoms with van der Waals surface area (Å²) < 4.78 is 5.76. The molecule has 6 nitrogen and oxygen atoms in total. The molecule has 0 aliphatic heterocycles. The number of hydrogen-bond donors (Lipinski definition) is 2. The van der Waals surface area contributed by atoms with E-state index in [1.807, 2.05) is 42.6 Å².